The van der Waals surface area contributed by atoms with Crippen LogP contribution in [0.3, 0.4) is 0 Å². The van der Waals surface area contributed by atoms with E-state index in [1.807, 2.05) is 0 Å². The van der Waals surface area contributed by atoms with E-state index < -0.39 is 51.9 Å². The topological polar surface area (TPSA) is 57.2 Å². The summed E-state index contributed by atoms with van der Waals surface area (Å²) in [6, 6.07) is 0. The van der Waals surface area contributed by atoms with Gasteiger partial charge in [-0.3, -0.25) is 0 Å². The molecule has 0 amide bonds. The number of hydrogen-bond acceptors (Lipinski definition) is 3. The maximum Gasteiger partial charge on any atom is 1.00 e. The first-order chi connectivity index (χ1) is 9.63. The summed E-state index contributed by atoms with van der Waals surface area (Å²) in [6.45, 7) is 0. The molecule has 1 atom stereocenters. The first-order valence-corrected chi connectivity index (χ1v) is 6.21. The van der Waals surface area contributed by atoms with E-state index in [0.717, 1.165) is 0 Å². The molecule has 0 aromatic carbocycles. The van der Waals surface area contributed by atoms with Gasteiger partial charge in [-0.05, 0) is 0 Å². The van der Waals surface area contributed by atoms with E-state index >= 15 is 0 Å². The van der Waals surface area contributed by atoms with Crippen molar-refractivity contribution in [2.24, 2.45) is 0 Å². The van der Waals surface area contributed by atoms with E-state index in [2.05, 4.69) is 0 Å². The number of halogens is 12. The van der Waals surface area contributed by atoms with E-state index in [9.17, 15) is 65.7 Å². The third kappa shape index (κ3) is 4.42. The van der Waals surface area contributed by atoms with Gasteiger partial charge in [0.25, 0.3) is 0 Å². The van der Waals surface area contributed by atoms with E-state index in [1.165, 1.54) is 0 Å². The Morgan fingerprint density at radius 1 is 0.792 bits per heavy atom. The van der Waals surface area contributed by atoms with Gasteiger partial charge in [-0.15, -0.1) is 0 Å². The minimum atomic E-state index is -7.71. The van der Waals surface area contributed by atoms with Crippen LogP contribution in [0.25, 0.3) is 0 Å². The van der Waals surface area contributed by atoms with Crippen LogP contribution in [0, 0.1) is 0 Å². The molecule has 24 heavy (non-hydrogen) atoms. The second-order valence-electron chi connectivity index (χ2n) is 4.03. The average molecular weight is 418 g/mol. The quantitative estimate of drug-likeness (QED) is 0.355. The minimum absolute atomic E-state index is 0. The van der Waals surface area contributed by atoms with Crippen LogP contribution >= 0.6 is 0 Å². The summed E-state index contributed by atoms with van der Waals surface area (Å²) in [5.74, 6) is -22.4. The van der Waals surface area contributed by atoms with E-state index in [4.69, 9.17) is 0 Å². The van der Waals surface area contributed by atoms with Crippen molar-refractivity contribution >= 4 is 10.1 Å². The van der Waals surface area contributed by atoms with Gasteiger partial charge in [-0.1, -0.05) is 0 Å². The number of hydrogen-bond donors (Lipinski definition) is 0. The van der Waals surface area contributed by atoms with Gasteiger partial charge < -0.3 is 4.55 Å². The maximum absolute atomic E-state index is 12.8. The van der Waals surface area contributed by atoms with Crippen LogP contribution in [0.1, 0.15) is 6.42 Å². The molecule has 0 aromatic rings. The van der Waals surface area contributed by atoms with E-state index in [0.29, 0.717) is 0 Å². The monoisotopic (exact) mass is 418 g/mol. The molecule has 0 rings (SSSR count). The standard InChI is InChI=1S/C7H4F12O3S.Na/c8-2(1-3(9,10)11)4(12,13)5(14,15)6(16,17)7(18,19)23(20,21)22;/h2H,1H2,(H,20,21,22);/q;+1/p-1. The van der Waals surface area contributed by atoms with Crippen LogP contribution in [-0.4, -0.2) is 48.3 Å². The molecule has 0 aliphatic carbocycles. The maximum atomic E-state index is 12.8. The summed E-state index contributed by atoms with van der Waals surface area (Å²) in [5.41, 5.74) is 0. The van der Waals surface area contributed by atoms with Gasteiger partial charge in [0.15, 0.2) is 16.3 Å². The number of alkyl halides is 12. The molecule has 17 heteroatoms. The summed E-state index contributed by atoms with van der Waals surface area (Å²) in [6.07, 6.45) is -14.5. The fourth-order valence-electron chi connectivity index (χ4n) is 1.08. The molecule has 0 spiro atoms. The Morgan fingerprint density at radius 2 is 1.12 bits per heavy atom. The van der Waals surface area contributed by atoms with Crippen LogP contribution in [0.5, 0.6) is 0 Å². The van der Waals surface area contributed by atoms with Crippen LogP contribution < -0.4 is 29.6 Å². The van der Waals surface area contributed by atoms with Gasteiger partial charge in [-0.25, -0.2) is 12.8 Å². The molecule has 0 aliphatic heterocycles. The van der Waals surface area contributed by atoms with Gasteiger partial charge in [0.2, 0.25) is 0 Å². The number of rotatable bonds is 6. The van der Waals surface area contributed by atoms with E-state index in [1.54, 1.807) is 0 Å². The summed E-state index contributed by atoms with van der Waals surface area (Å²) in [5, 5.41) is -7.36. The Balaban J connectivity index is 0. The van der Waals surface area contributed by atoms with Crippen LogP contribution in [-0.2, 0) is 10.1 Å². The third-order valence-corrected chi connectivity index (χ3v) is 3.18. The van der Waals surface area contributed by atoms with Crippen LogP contribution in [0.2, 0.25) is 0 Å². The van der Waals surface area contributed by atoms with Crippen molar-refractivity contribution in [2.45, 2.75) is 41.8 Å². The predicted octanol–water partition coefficient (Wildman–Crippen LogP) is 0.325. The Labute approximate surface area is 147 Å². The Morgan fingerprint density at radius 3 is 1.38 bits per heavy atom. The van der Waals surface area contributed by atoms with Crippen molar-refractivity contribution in [3.8, 4) is 0 Å². The molecular weight excluding hydrogens is 415 g/mol. The first-order valence-electron chi connectivity index (χ1n) is 4.80. The van der Waals surface area contributed by atoms with Gasteiger partial charge >= 0.3 is 58.8 Å². The largest absolute Gasteiger partial charge is 1.00 e. The van der Waals surface area contributed by atoms with Crippen LogP contribution in [0.4, 0.5) is 52.7 Å². The van der Waals surface area contributed by atoms with Crippen molar-refractivity contribution in [3.63, 3.8) is 0 Å². The van der Waals surface area contributed by atoms with Crippen molar-refractivity contribution < 1.29 is 95.2 Å². The molecule has 0 bridgehead atoms. The first kappa shape index (κ1) is 26.3. The zero-order valence-electron chi connectivity index (χ0n) is 11.0. The summed E-state index contributed by atoms with van der Waals surface area (Å²) < 4.78 is 179. The molecule has 0 radical (unpaired) electrons. The van der Waals surface area contributed by atoms with Gasteiger partial charge in [0.05, 0.1) is 6.42 Å². The van der Waals surface area contributed by atoms with Crippen molar-refractivity contribution in [1.82, 2.24) is 0 Å². The molecule has 0 aliphatic rings. The van der Waals surface area contributed by atoms with Crippen molar-refractivity contribution in [3.05, 3.63) is 0 Å². The molecule has 0 N–H and O–H groups in total. The second kappa shape index (κ2) is 7.00. The SMILES string of the molecule is O=S(=O)([O-])C(F)(F)C(F)(F)C(F)(F)C(F)(F)C(F)CC(F)(F)F.[Na+]. The van der Waals surface area contributed by atoms with Gasteiger partial charge in [-0.2, -0.15) is 48.3 Å². The Bertz CT molecular complexity index is 541. The molecule has 1 unspecified atom stereocenters. The van der Waals surface area contributed by atoms with Crippen LogP contribution in [0.15, 0.2) is 0 Å². The smallest absolute Gasteiger partial charge is 0.743 e. The van der Waals surface area contributed by atoms with Gasteiger partial charge in [0.1, 0.15) is 0 Å². The minimum Gasteiger partial charge on any atom is -0.743 e. The Hall–Kier alpha value is 0.0700. The average Bonchev–Trinajstić information content (AvgIpc) is 2.23. The molecular formula is C7H3F12NaO3S. The Kier molecular flexibility index (Phi) is 7.67. The zero-order chi connectivity index (χ0) is 19.3. The molecule has 3 nitrogen and oxygen atoms in total. The summed E-state index contributed by atoms with van der Waals surface area (Å²) >= 11 is 0. The van der Waals surface area contributed by atoms with E-state index in [-0.39, 0.29) is 29.6 Å². The van der Waals surface area contributed by atoms with Crippen molar-refractivity contribution in [1.29, 1.82) is 0 Å². The van der Waals surface area contributed by atoms with Gasteiger partial charge in [0, 0.05) is 0 Å². The normalized spacial score (nSPS) is 16.5. The fraction of sp³-hybridized carbons (Fsp3) is 1.00. The molecule has 0 saturated heterocycles. The summed E-state index contributed by atoms with van der Waals surface area (Å²) in [7, 11) is -7.66. The summed E-state index contributed by atoms with van der Waals surface area (Å²) in [4.78, 5) is 0. The molecule has 0 saturated carbocycles. The molecule has 0 heterocycles. The predicted molar refractivity (Wildman–Crippen MR) is 45.1 cm³/mol. The van der Waals surface area contributed by atoms with Crippen molar-refractivity contribution in [2.75, 3.05) is 0 Å². The third-order valence-electron chi connectivity index (χ3n) is 2.30. The fourth-order valence-corrected chi connectivity index (χ4v) is 1.52. The molecule has 0 aromatic heterocycles. The zero-order valence-corrected chi connectivity index (χ0v) is 13.8. The molecule has 0 fully saturated rings. The second-order valence-corrected chi connectivity index (χ2v) is 5.45. The molecule has 140 valence electrons.